The molecule has 1 aromatic heterocycles. The molecule has 5 heteroatoms. The maximum atomic E-state index is 10.6. The van der Waals surface area contributed by atoms with Gasteiger partial charge >= 0.3 is 5.97 Å². The summed E-state index contributed by atoms with van der Waals surface area (Å²) in [4.78, 5) is 17.2. The normalized spacial score (nSPS) is 10.5. The number of carbonyl (C=O) groups is 1. The molecule has 0 amide bonds. The van der Waals surface area contributed by atoms with E-state index in [4.69, 9.17) is 5.11 Å². The molecule has 0 aliphatic rings. The first-order chi connectivity index (χ1) is 6.16. The number of hydrogen-bond donors (Lipinski definition) is 2. The first-order valence-corrected chi connectivity index (χ1v) is 4.63. The van der Waals surface area contributed by atoms with E-state index in [1.165, 1.54) is 0 Å². The zero-order valence-electron chi connectivity index (χ0n) is 6.41. The molecule has 0 saturated heterocycles. The third-order valence-electron chi connectivity index (χ3n) is 1.65. The highest BCUT2D eigenvalue weighted by molar-refractivity contribution is 14.1. The third kappa shape index (κ3) is 1.51. The molecular formula is C8H5IN2O2. The number of rotatable bonds is 1. The Kier molecular flexibility index (Phi) is 1.95. The van der Waals surface area contributed by atoms with Crippen molar-refractivity contribution in [1.29, 1.82) is 0 Å². The molecule has 0 aliphatic heterocycles. The Morgan fingerprint density at radius 3 is 3.00 bits per heavy atom. The van der Waals surface area contributed by atoms with Crippen molar-refractivity contribution in [2.75, 3.05) is 0 Å². The number of nitrogens with one attached hydrogen (secondary N) is 1. The van der Waals surface area contributed by atoms with E-state index in [-0.39, 0.29) is 5.82 Å². The molecular weight excluding hydrogens is 283 g/mol. The van der Waals surface area contributed by atoms with Gasteiger partial charge in [-0.15, -0.1) is 0 Å². The van der Waals surface area contributed by atoms with Gasteiger partial charge in [0.2, 0.25) is 5.82 Å². The van der Waals surface area contributed by atoms with Crippen molar-refractivity contribution in [1.82, 2.24) is 9.97 Å². The molecule has 0 radical (unpaired) electrons. The lowest BCUT2D eigenvalue weighted by molar-refractivity contribution is 0.0685. The monoisotopic (exact) mass is 288 g/mol. The van der Waals surface area contributed by atoms with Crippen LogP contribution >= 0.6 is 22.6 Å². The van der Waals surface area contributed by atoms with Gasteiger partial charge < -0.3 is 10.1 Å². The van der Waals surface area contributed by atoms with Gasteiger partial charge in [0.25, 0.3) is 0 Å². The number of imidazole rings is 1. The van der Waals surface area contributed by atoms with Gasteiger partial charge in [-0.2, -0.15) is 0 Å². The Hall–Kier alpha value is -1.11. The molecule has 1 aromatic carbocycles. The molecule has 0 fully saturated rings. The summed E-state index contributed by atoms with van der Waals surface area (Å²) in [6, 6.07) is 5.54. The summed E-state index contributed by atoms with van der Waals surface area (Å²) in [6.07, 6.45) is 0. The lowest BCUT2D eigenvalue weighted by Gasteiger charge is -1.87. The van der Waals surface area contributed by atoms with Crippen LogP contribution in [-0.4, -0.2) is 21.0 Å². The van der Waals surface area contributed by atoms with Crippen LogP contribution in [0.1, 0.15) is 10.6 Å². The summed E-state index contributed by atoms with van der Waals surface area (Å²) < 4.78 is 1.04. The molecule has 0 bridgehead atoms. The van der Waals surface area contributed by atoms with Crippen molar-refractivity contribution < 1.29 is 9.90 Å². The minimum Gasteiger partial charge on any atom is -0.475 e. The second-order valence-corrected chi connectivity index (χ2v) is 3.80. The first kappa shape index (κ1) is 8.49. The van der Waals surface area contributed by atoms with Crippen molar-refractivity contribution >= 4 is 39.6 Å². The number of benzene rings is 1. The summed E-state index contributed by atoms with van der Waals surface area (Å²) in [5, 5.41) is 8.66. The predicted molar refractivity (Wildman–Crippen MR) is 55.8 cm³/mol. The standard InChI is InChI=1S/C8H5IN2O2/c9-4-1-2-5-6(3-4)11-7(10-5)8(12)13/h1-3H,(H,10,11)(H,12,13). The number of carboxylic acids is 1. The van der Waals surface area contributed by atoms with Crippen LogP contribution < -0.4 is 0 Å². The van der Waals surface area contributed by atoms with Gasteiger partial charge in [0.1, 0.15) is 0 Å². The summed E-state index contributed by atoms with van der Waals surface area (Å²) in [7, 11) is 0. The summed E-state index contributed by atoms with van der Waals surface area (Å²) >= 11 is 2.15. The summed E-state index contributed by atoms with van der Waals surface area (Å²) in [5.74, 6) is -1.05. The molecule has 2 N–H and O–H groups in total. The molecule has 0 saturated carbocycles. The highest BCUT2D eigenvalue weighted by Crippen LogP contribution is 2.14. The highest BCUT2D eigenvalue weighted by Gasteiger charge is 2.08. The molecule has 0 aliphatic carbocycles. The average molecular weight is 288 g/mol. The van der Waals surface area contributed by atoms with Crippen LogP contribution in [0.15, 0.2) is 18.2 Å². The molecule has 0 unspecified atom stereocenters. The number of aromatic amines is 1. The summed E-state index contributed by atoms with van der Waals surface area (Å²) in [5.41, 5.74) is 1.43. The quantitative estimate of drug-likeness (QED) is 0.787. The number of halogens is 1. The number of fused-ring (bicyclic) bond motifs is 1. The number of aromatic nitrogens is 2. The van der Waals surface area contributed by atoms with Crippen molar-refractivity contribution in [3.63, 3.8) is 0 Å². The third-order valence-corrected chi connectivity index (χ3v) is 2.32. The largest absolute Gasteiger partial charge is 0.475 e. The minimum absolute atomic E-state index is 0.0167. The lowest BCUT2D eigenvalue weighted by Crippen LogP contribution is -1.97. The number of aromatic carboxylic acids is 1. The van der Waals surface area contributed by atoms with Gasteiger partial charge in [0.15, 0.2) is 0 Å². The molecule has 2 rings (SSSR count). The van der Waals surface area contributed by atoms with Crippen LogP contribution in [0.4, 0.5) is 0 Å². The summed E-state index contributed by atoms with van der Waals surface area (Å²) in [6.45, 7) is 0. The number of nitrogens with zero attached hydrogens (tertiary/aromatic N) is 1. The molecule has 66 valence electrons. The Labute approximate surface area is 87.1 Å². The second kappa shape index (κ2) is 2.99. The fourth-order valence-electron chi connectivity index (χ4n) is 1.08. The van der Waals surface area contributed by atoms with Gasteiger partial charge in [-0.25, -0.2) is 9.78 Å². The Bertz CT molecular complexity index is 478. The second-order valence-electron chi connectivity index (χ2n) is 2.55. The van der Waals surface area contributed by atoms with E-state index in [1.807, 2.05) is 18.2 Å². The van der Waals surface area contributed by atoms with E-state index in [0.29, 0.717) is 5.52 Å². The number of hydrogen-bond acceptors (Lipinski definition) is 2. The topological polar surface area (TPSA) is 66.0 Å². The molecule has 13 heavy (non-hydrogen) atoms. The van der Waals surface area contributed by atoms with Crippen LogP contribution in [0.5, 0.6) is 0 Å². The maximum absolute atomic E-state index is 10.6. The average Bonchev–Trinajstić information content (AvgIpc) is 2.46. The van der Waals surface area contributed by atoms with Crippen molar-refractivity contribution in [2.45, 2.75) is 0 Å². The Balaban J connectivity index is 2.68. The fraction of sp³-hybridized carbons (Fsp3) is 0. The highest BCUT2D eigenvalue weighted by atomic mass is 127. The molecule has 0 spiro atoms. The van der Waals surface area contributed by atoms with Crippen LogP contribution in [0.2, 0.25) is 0 Å². The Morgan fingerprint density at radius 2 is 2.31 bits per heavy atom. The number of carboxylic acid groups (broad SMARTS) is 1. The molecule has 0 atom stereocenters. The predicted octanol–water partition coefficient (Wildman–Crippen LogP) is 1.87. The van der Waals surface area contributed by atoms with Gasteiger partial charge in [-0.3, -0.25) is 0 Å². The van der Waals surface area contributed by atoms with Gasteiger partial charge in [-0.05, 0) is 40.8 Å². The van der Waals surface area contributed by atoms with E-state index < -0.39 is 5.97 Å². The van der Waals surface area contributed by atoms with Gasteiger partial charge in [-0.1, -0.05) is 0 Å². The molecule has 1 heterocycles. The zero-order chi connectivity index (χ0) is 9.42. The SMILES string of the molecule is O=C(O)c1nc2cc(I)ccc2[nH]1. The van der Waals surface area contributed by atoms with Crippen LogP contribution in [0.3, 0.4) is 0 Å². The van der Waals surface area contributed by atoms with Gasteiger partial charge in [0, 0.05) is 3.57 Å². The van der Waals surface area contributed by atoms with E-state index in [0.717, 1.165) is 9.09 Å². The minimum atomic E-state index is -1.04. The van der Waals surface area contributed by atoms with E-state index in [2.05, 4.69) is 32.6 Å². The lowest BCUT2D eigenvalue weighted by atomic mass is 10.3. The van der Waals surface area contributed by atoms with Crippen LogP contribution in [-0.2, 0) is 0 Å². The maximum Gasteiger partial charge on any atom is 0.371 e. The van der Waals surface area contributed by atoms with Crippen LogP contribution in [0, 0.1) is 3.57 Å². The van der Waals surface area contributed by atoms with Crippen molar-refractivity contribution in [3.8, 4) is 0 Å². The molecule has 4 nitrogen and oxygen atoms in total. The van der Waals surface area contributed by atoms with Gasteiger partial charge in [0.05, 0.1) is 11.0 Å². The fourth-order valence-corrected chi connectivity index (χ4v) is 1.56. The van der Waals surface area contributed by atoms with E-state index >= 15 is 0 Å². The smallest absolute Gasteiger partial charge is 0.371 e. The molecule has 2 aromatic rings. The van der Waals surface area contributed by atoms with E-state index in [9.17, 15) is 4.79 Å². The van der Waals surface area contributed by atoms with Crippen molar-refractivity contribution in [3.05, 3.63) is 27.6 Å². The van der Waals surface area contributed by atoms with E-state index in [1.54, 1.807) is 0 Å². The Morgan fingerprint density at radius 1 is 1.54 bits per heavy atom. The number of H-pyrrole nitrogens is 1. The van der Waals surface area contributed by atoms with Crippen molar-refractivity contribution in [2.24, 2.45) is 0 Å². The first-order valence-electron chi connectivity index (χ1n) is 3.55. The zero-order valence-corrected chi connectivity index (χ0v) is 8.57. The van der Waals surface area contributed by atoms with Crippen LogP contribution in [0.25, 0.3) is 11.0 Å².